The zero-order valence-electron chi connectivity index (χ0n) is 12.7. The van der Waals surface area contributed by atoms with Gasteiger partial charge in [-0.2, -0.15) is 0 Å². The number of hydrogen-bond donors (Lipinski definition) is 3. The fourth-order valence-electron chi connectivity index (χ4n) is 2.20. The highest BCUT2D eigenvalue weighted by molar-refractivity contribution is 6.37. The molecule has 0 radical (unpaired) electrons. The van der Waals surface area contributed by atoms with Crippen molar-refractivity contribution in [1.29, 1.82) is 0 Å². The van der Waals surface area contributed by atoms with Gasteiger partial charge in [-0.1, -0.05) is 6.08 Å². The van der Waals surface area contributed by atoms with Gasteiger partial charge >= 0.3 is 0 Å². The number of likely N-dealkylation sites (tertiary alicyclic amines) is 1. The van der Waals surface area contributed by atoms with Crippen LogP contribution in [0, 0.1) is 0 Å². The van der Waals surface area contributed by atoms with Crippen LogP contribution in [-0.4, -0.2) is 67.0 Å². The van der Waals surface area contributed by atoms with E-state index in [4.69, 9.17) is 0 Å². The van der Waals surface area contributed by atoms with Crippen molar-refractivity contribution < 1.29 is 24.0 Å². The third kappa shape index (κ3) is 5.53. The van der Waals surface area contributed by atoms with Gasteiger partial charge < -0.3 is 20.9 Å². The van der Waals surface area contributed by atoms with E-state index >= 15 is 0 Å². The lowest BCUT2D eigenvalue weighted by atomic mass is 10.2. The van der Waals surface area contributed by atoms with Gasteiger partial charge in [0.05, 0.1) is 13.1 Å². The van der Waals surface area contributed by atoms with E-state index in [9.17, 15) is 24.0 Å². The molecule has 9 nitrogen and oxygen atoms in total. The summed E-state index contributed by atoms with van der Waals surface area (Å²) in [4.78, 5) is 58.4. The van der Waals surface area contributed by atoms with Gasteiger partial charge in [0.1, 0.15) is 6.04 Å². The molecule has 0 spiro atoms. The second kappa shape index (κ2) is 9.34. The van der Waals surface area contributed by atoms with Crippen LogP contribution in [0.5, 0.6) is 0 Å². The molecule has 1 rings (SSSR count). The van der Waals surface area contributed by atoms with E-state index < -0.39 is 30.2 Å². The number of carbonyl (C=O) groups is 5. The first kappa shape index (κ1) is 18.3. The normalized spacial score (nSPS) is 16.3. The lowest BCUT2D eigenvalue weighted by Crippen LogP contribution is -2.50. The summed E-state index contributed by atoms with van der Waals surface area (Å²) < 4.78 is 0. The number of rotatable bonds is 9. The number of hydrogen-bond acceptors (Lipinski definition) is 5. The first-order valence-electron chi connectivity index (χ1n) is 7.17. The number of amides is 4. The Kier molecular flexibility index (Phi) is 7.44. The molecule has 4 amide bonds. The Hall–Kier alpha value is -2.71. The lowest BCUT2D eigenvalue weighted by molar-refractivity contribution is -0.140. The molecular weight excluding hydrogens is 304 g/mol. The van der Waals surface area contributed by atoms with E-state index in [-0.39, 0.29) is 19.0 Å². The van der Waals surface area contributed by atoms with E-state index in [1.54, 1.807) is 0 Å². The van der Waals surface area contributed by atoms with Crippen LogP contribution in [0.2, 0.25) is 0 Å². The maximum absolute atomic E-state index is 12.1. The minimum absolute atomic E-state index is 0.160. The third-order valence-corrected chi connectivity index (χ3v) is 3.30. The topological polar surface area (TPSA) is 125 Å². The number of nitrogens with zero attached hydrogens (tertiary/aromatic N) is 1. The van der Waals surface area contributed by atoms with Crippen LogP contribution >= 0.6 is 0 Å². The Labute approximate surface area is 133 Å². The van der Waals surface area contributed by atoms with Crippen molar-refractivity contribution in [2.45, 2.75) is 18.9 Å². The minimum Gasteiger partial charge on any atom is -0.350 e. The van der Waals surface area contributed by atoms with Crippen molar-refractivity contribution in [2.75, 3.05) is 26.2 Å². The molecule has 3 N–H and O–H groups in total. The summed E-state index contributed by atoms with van der Waals surface area (Å²) in [6.07, 6.45) is 2.96. The number of carbonyl (C=O) groups excluding carboxylic acids is 5. The lowest BCUT2D eigenvalue weighted by Gasteiger charge is -2.23. The summed E-state index contributed by atoms with van der Waals surface area (Å²) in [6, 6.07) is -0.694. The zero-order chi connectivity index (χ0) is 17.2. The van der Waals surface area contributed by atoms with Crippen molar-refractivity contribution >= 4 is 29.9 Å². The van der Waals surface area contributed by atoms with E-state index in [2.05, 4.69) is 22.5 Å². The summed E-state index contributed by atoms with van der Waals surface area (Å²) in [7, 11) is 0. The molecule has 9 heteroatoms. The molecule has 126 valence electrons. The number of nitrogens with one attached hydrogen (secondary N) is 3. The van der Waals surface area contributed by atoms with Crippen molar-refractivity contribution in [3.05, 3.63) is 12.7 Å². The Morgan fingerprint density at radius 2 is 1.91 bits per heavy atom. The molecule has 0 aromatic carbocycles. The molecule has 0 saturated carbocycles. The predicted octanol–water partition coefficient (Wildman–Crippen LogP) is -2.29. The van der Waals surface area contributed by atoms with Gasteiger partial charge in [-0.05, 0) is 12.8 Å². The molecule has 1 heterocycles. The summed E-state index contributed by atoms with van der Waals surface area (Å²) in [5.41, 5.74) is 0. The fraction of sp³-hybridized carbons (Fsp3) is 0.500. The van der Waals surface area contributed by atoms with E-state index in [0.717, 1.165) is 0 Å². The second-order valence-corrected chi connectivity index (χ2v) is 4.88. The average Bonchev–Trinajstić information content (AvgIpc) is 3.04. The Morgan fingerprint density at radius 1 is 1.17 bits per heavy atom. The molecular formula is C14H20N4O5. The van der Waals surface area contributed by atoms with Crippen LogP contribution < -0.4 is 16.0 Å². The van der Waals surface area contributed by atoms with Gasteiger partial charge in [0.15, 0.2) is 0 Å². The fourth-order valence-corrected chi connectivity index (χ4v) is 2.20. The molecule has 1 unspecified atom stereocenters. The quantitative estimate of drug-likeness (QED) is 0.250. The van der Waals surface area contributed by atoms with Crippen LogP contribution in [0.25, 0.3) is 0 Å². The summed E-state index contributed by atoms with van der Waals surface area (Å²) >= 11 is 0. The van der Waals surface area contributed by atoms with Crippen LogP contribution in [0.1, 0.15) is 12.8 Å². The summed E-state index contributed by atoms with van der Waals surface area (Å²) in [6.45, 7) is 3.35. The SMILES string of the molecule is C=CCNC(=O)C(=O)CNC(=O)C1CCCN1C(=O)CNC=O. The third-order valence-electron chi connectivity index (χ3n) is 3.30. The molecule has 0 aromatic rings. The first-order chi connectivity index (χ1) is 11.0. The molecule has 0 aromatic heterocycles. The van der Waals surface area contributed by atoms with Crippen LogP contribution in [0.4, 0.5) is 0 Å². The van der Waals surface area contributed by atoms with Gasteiger partial charge in [-0.3, -0.25) is 24.0 Å². The monoisotopic (exact) mass is 324 g/mol. The van der Waals surface area contributed by atoms with Gasteiger partial charge in [-0.15, -0.1) is 6.58 Å². The molecule has 1 aliphatic rings. The standard InChI is InChI=1S/C14H20N4O5/c1-2-5-16-14(23)11(20)7-17-13(22)10-4-3-6-18(10)12(21)8-15-9-19/h2,9-10H,1,3-8H2,(H,15,19)(H,16,23)(H,17,22). The van der Waals surface area contributed by atoms with E-state index in [1.165, 1.54) is 11.0 Å². The maximum Gasteiger partial charge on any atom is 0.289 e. The highest BCUT2D eigenvalue weighted by Crippen LogP contribution is 2.17. The van der Waals surface area contributed by atoms with Crippen LogP contribution in [0.15, 0.2) is 12.7 Å². The van der Waals surface area contributed by atoms with E-state index in [1.807, 2.05) is 0 Å². The van der Waals surface area contributed by atoms with Crippen molar-refractivity contribution in [3.8, 4) is 0 Å². The van der Waals surface area contributed by atoms with Gasteiger partial charge in [-0.25, -0.2) is 0 Å². The molecule has 1 atom stereocenters. The summed E-state index contributed by atoms with van der Waals surface area (Å²) in [5, 5.41) is 6.93. The predicted molar refractivity (Wildman–Crippen MR) is 80.0 cm³/mol. The smallest absolute Gasteiger partial charge is 0.289 e. The van der Waals surface area contributed by atoms with Crippen molar-refractivity contribution in [2.24, 2.45) is 0 Å². The Bertz CT molecular complexity index is 505. The summed E-state index contributed by atoms with van der Waals surface area (Å²) in [5.74, 6) is -2.45. The molecule has 0 aliphatic carbocycles. The maximum atomic E-state index is 12.1. The van der Waals surface area contributed by atoms with Crippen molar-refractivity contribution in [3.63, 3.8) is 0 Å². The highest BCUT2D eigenvalue weighted by atomic mass is 16.2. The molecule has 23 heavy (non-hydrogen) atoms. The minimum atomic E-state index is -0.806. The Balaban J connectivity index is 2.48. The molecule has 1 fully saturated rings. The Morgan fingerprint density at radius 3 is 2.57 bits per heavy atom. The van der Waals surface area contributed by atoms with Gasteiger partial charge in [0.25, 0.3) is 5.91 Å². The van der Waals surface area contributed by atoms with Crippen LogP contribution in [-0.2, 0) is 24.0 Å². The number of Topliss-reactive ketones (excluding diaryl/α,β-unsaturated/α-hetero) is 1. The first-order valence-corrected chi connectivity index (χ1v) is 7.17. The second-order valence-electron chi connectivity index (χ2n) is 4.88. The van der Waals surface area contributed by atoms with Gasteiger partial charge in [0.2, 0.25) is 24.0 Å². The molecule has 0 bridgehead atoms. The number of ketones is 1. The molecule has 1 aliphatic heterocycles. The zero-order valence-corrected chi connectivity index (χ0v) is 12.7. The van der Waals surface area contributed by atoms with Crippen LogP contribution in [0.3, 0.4) is 0 Å². The average molecular weight is 324 g/mol. The largest absolute Gasteiger partial charge is 0.350 e. The molecule has 1 saturated heterocycles. The van der Waals surface area contributed by atoms with Crippen molar-refractivity contribution in [1.82, 2.24) is 20.9 Å². The van der Waals surface area contributed by atoms with E-state index in [0.29, 0.717) is 25.8 Å². The van der Waals surface area contributed by atoms with Gasteiger partial charge in [0, 0.05) is 13.1 Å². The highest BCUT2D eigenvalue weighted by Gasteiger charge is 2.33.